The van der Waals surface area contributed by atoms with E-state index in [0.717, 1.165) is 0 Å². The molecule has 1 aromatic rings. The van der Waals surface area contributed by atoms with E-state index in [2.05, 4.69) is 0 Å². The molecule has 1 aliphatic heterocycles. The highest BCUT2D eigenvalue weighted by molar-refractivity contribution is 5.73. The van der Waals surface area contributed by atoms with Gasteiger partial charge in [-0.25, -0.2) is 0 Å². The molecule has 0 aliphatic carbocycles. The van der Waals surface area contributed by atoms with Crippen molar-refractivity contribution in [3.63, 3.8) is 0 Å². The van der Waals surface area contributed by atoms with E-state index in [0.29, 0.717) is 16.9 Å². The summed E-state index contributed by atoms with van der Waals surface area (Å²) in [5, 5.41) is 0. The SMILES string of the molecule is CCOC(=O)Cc1cc(OC)c(OC)c([C@H]2O[C@@H](C)[C@@H](OC(C)=O)[C@@H](OC(C)=O)[C@@H]2OC(C)=O)c1. The number of benzene rings is 1. The fourth-order valence-electron chi connectivity index (χ4n) is 4.01. The van der Waals surface area contributed by atoms with Gasteiger partial charge >= 0.3 is 23.9 Å². The van der Waals surface area contributed by atoms with Crippen LogP contribution in [-0.4, -0.2) is 69.1 Å². The van der Waals surface area contributed by atoms with Gasteiger partial charge in [0.25, 0.3) is 0 Å². The summed E-state index contributed by atoms with van der Waals surface area (Å²) < 4.78 is 38.6. The molecule has 0 saturated carbocycles. The number of hydrogen-bond donors (Lipinski definition) is 0. The Kier molecular flexibility index (Phi) is 9.88. The third kappa shape index (κ3) is 7.08. The number of carbonyl (C=O) groups excluding carboxylic acids is 4. The van der Waals surface area contributed by atoms with Crippen molar-refractivity contribution in [2.45, 2.75) is 71.6 Å². The first-order chi connectivity index (χ1) is 16.5. The quantitative estimate of drug-likeness (QED) is 0.367. The van der Waals surface area contributed by atoms with Crippen molar-refractivity contribution >= 4 is 23.9 Å². The fourth-order valence-corrected chi connectivity index (χ4v) is 4.01. The number of hydrogen-bond acceptors (Lipinski definition) is 11. The minimum absolute atomic E-state index is 0.0643. The number of esters is 4. The molecule has 1 saturated heterocycles. The number of rotatable bonds is 9. The highest BCUT2D eigenvalue weighted by atomic mass is 16.6. The Labute approximate surface area is 203 Å². The van der Waals surface area contributed by atoms with Crippen molar-refractivity contribution in [3.05, 3.63) is 23.3 Å². The minimum atomic E-state index is -1.21. The van der Waals surface area contributed by atoms with Crippen LogP contribution in [-0.2, 0) is 49.3 Å². The Morgan fingerprint density at radius 1 is 0.857 bits per heavy atom. The van der Waals surface area contributed by atoms with E-state index in [1.807, 2.05) is 0 Å². The molecule has 1 heterocycles. The Bertz CT molecular complexity index is 942. The standard InChI is InChI=1S/C24H32O11/c1-8-31-19(28)11-16-9-17(21(30-7)18(10-16)29-6)22-24(35-15(5)27)23(34-14(4)26)20(12(2)32-22)33-13(3)25/h9-10,12,20,22-24H,8,11H2,1-7H3/t12-,20+,22+,23+,24+/m0/s1. The van der Waals surface area contributed by atoms with Crippen LogP contribution in [0.5, 0.6) is 11.5 Å². The van der Waals surface area contributed by atoms with Crippen LogP contribution in [0.3, 0.4) is 0 Å². The van der Waals surface area contributed by atoms with E-state index in [9.17, 15) is 19.2 Å². The molecular weight excluding hydrogens is 464 g/mol. The van der Waals surface area contributed by atoms with E-state index in [1.54, 1.807) is 26.0 Å². The molecule has 11 nitrogen and oxygen atoms in total. The summed E-state index contributed by atoms with van der Waals surface area (Å²) >= 11 is 0. The van der Waals surface area contributed by atoms with Gasteiger partial charge in [0.15, 0.2) is 29.8 Å². The van der Waals surface area contributed by atoms with E-state index in [1.165, 1.54) is 35.0 Å². The maximum Gasteiger partial charge on any atom is 0.310 e. The Morgan fingerprint density at radius 3 is 1.94 bits per heavy atom. The Hall–Kier alpha value is -3.34. The predicted molar refractivity (Wildman–Crippen MR) is 120 cm³/mol. The van der Waals surface area contributed by atoms with Crippen molar-refractivity contribution < 1.29 is 52.3 Å². The van der Waals surface area contributed by atoms with Gasteiger partial charge < -0.3 is 33.2 Å². The van der Waals surface area contributed by atoms with E-state index in [4.69, 9.17) is 33.2 Å². The summed E-state index contributed by atoms with van der Waals surface area (Å²) in [4.78, 5) is 47.9. The van der Waals surface area contributed by atoms with Crippen molar-refractivity contribution in [3.8, 4) is 11.5 Å². The van der Waals surface area contributed by atoms with Crippen LogP contribution in [0.1, 0.15) is 51.8 Å². The molecule has 0 amide bonds. The summed E-state index contributed by atoms with van der Waals surface area (Å²) in [6.45, 7) is 7.14. The lowest BCUT2D eigenvalue weighted by Gasteiger charge is -2.44. The number of methoxy groups -OCH3 is 2. The van der Waals surface area contributed by atoms with E-state index in [-0.39, 0.29) is 18.8 Å². The molecule has 11 heteroatoms. The lowest BCUT2D eigenvalue weighted by atomic mass is 9.89. The number of carbonyl (C=O) groups is 4. The first-order valence-electron chi connectivity index (χ1n) is 11.1. The Balaban J connectivity index is 2.66. The van der Waals surface area contributed by atoms with Gasteiger partial charge in [0.05, 0.1) is 33.4 Å². The highest BCUT2D eigenvalue weighted by Gasteiger charge is 2.51. The van der Waals surface area contributed by atoms with Crippen LogP contribution in [0, 0.1) is 0 Å². The fraction of sp³-hybridized carbons (Fsp3) is 0.583. The van der Waals surface area contributed by atoms with Gasteiger partial charge in [-0.05, 0) is 31.5 Å². The van der Waals surface area contributed by atoms with Gasteiger partial charge in [-0.1, -0.05) is 0 Å². The average molecular weight is 497 g/mol. The van der Waals surface area contributed by atoms with Gasteiger partial charge in [-0.2, -0.15) is 0 Å². The van der Waals surface area contributed by atoms with Gasteiger partial charge in [-0.3, -0.25) is 19.2 Å². The van der Waals surface area contributed by atoms with Gasteiger partial charge in [0.2, 0.25) is 0 Å². The smallest absolute Gasteiger partial charge is 0.310 e. The van der Waals surface area contributed by atoms with Gasteiger partial charge in [0.1, 0.15) is 6.10 Å². The molecule has 2 rings (SSSR count). The molecule has 35 heavy (non-hydrogen) atoms. The average Bonchev–Trinajstić information content (AvgIpc) is 2.76. The third-order valence-electron chi connectivity index (χ3n) is 5.20. The molecule has 1 aliphatic rings. The molecule has 0 spiro atoms. The zero-order valence-electron chi connectivity index (χ0n) is 20.9. The lowest BCUT2D eigenvalue weighted by molar-refractivity contribution is -0.245. The zero-order valence-corrected chi connectivity index (χ0v) is 20.9. The lowest BCUT2D eigenvalue weighted by Crippen LogP contribution is -2.57. The second-order valence-electron chi connectivity index (χ2n) is 7.89. The highest BCUT2D eigenvalue weighted by Crippen LogP contribution is 2.44. The van der Waals surface area contributed by atoms with Crippen LogP contribution >= 0.6 is 0 Å². The Morgan fingerprint density at radius 2 is 1.43 bits per heavy atom. The largest absolute Gasteiger partial charge is 0.493 e. The third-order valence-corrected chi connectivity index (χ3v) is 5.20. The zero-order chi connectivity index (χ0) is 26.3. The number of ether oxygens (including phenoxy) is 7. The second kappa shape index (κ2) is 12.4. The first kappa shape index (κ1) is 27.9. The van der Waals surface area contributed by atoms with Crippen LogP contribution in [0.2, 0.25) is 0 Å². The molecule has 0 radical (unpaired) electrons. The molecule has 1 aromatic carbocycles. The van der Waals surface area contributed by atoms with E-state index < -0.39 is 54.4 Å². The molecule has 0 aromatic heterocycles. The molecule has 194 valence electrons. The summed E-state index contributed by atoms with van der Waals surface area (Å²) in [5.41, 5.74) is 0.905. The normalized spacial score (nSPS) is 23.6. The van der Waals surface area contributed by atoms with Crippen LogP contribution < -0.4 is 9.47 Å². The summed E-state index contributed by atoms with van der Waals surface area (Å²) in [5.74, 6) is -1.86. The molecule has 0 N–H and O–H groups in total. The van der Waals surface area contributed by atoms with Crippen molar-refractivity contribution in [1.29, 1.82) is 0 Å². The van der Waals surface area contributed by atoms with Gasteiger partial charge in [-0.15, -0.1) is 0 Å². The van der Waals surface area contributed by atoms with Crippen molar-refractivity contribution in [1.82, 2.24) is 0 Å². The minimum Gasteiger partial charge on any atom is -0.493 e. The van der Waals surface area contributed by atoms with Gasteiger partial charge in [0, 0.05) is 26.3 Å². The van der Waals surface area contributed by atoms with Crippen molar-refractivity contribution in [2.75, 3.05) is 20.8 Å². The van der Waals surface area contributed by atoms with Crippen LogP contribution in [0.15, 0.2) is 12.1 Å². The maximum absolute atomic E-state index is 12.1. The van der Waals surface area contributed by atoms with Crippen LogP contribution in [0.4, 0.5) is 0 Å². The predicted octanol–water partition coefficient (Wildman–Crippen LogP) is 2.06. The summed E-state index contributed by atoms with van der Waals surface area (Å²) in [6.07, 6.45) is -5.31. The second-order valence-corrected chi connectivity index (χ2v) is 7.89. The molecular formula is C24H32O11. The molecule has 1 fully saturated rings. The maximum atomic E-state index is 12.1. The molecule has 0 unspecified atom stereocenters. The first-order valence-corrected chi connectivity index (χ1v) is 11.1. The summed E-state index contributed by atoms with van der Waals surface area (Å²) in [7, 11) is 2.85. The van der Waals surface area contributed by atoms with E-state index >= 15 is 0 Å². The van der Waals surface area contributed by atoms with Crippen molar-refractivity contribution in [2.24, 2.45) is 0 Å². The van der Waals surface area contributed by atoms with Crippen LogP contribution in [0.25, 0.3) is 0 Å². The summed E-state index contributed by atoms with van der Waals surface area (Å²) in [6, 6.07) is 3.26. The monoisotopic (exact) mass is 496 g/mol. The molecule has 0 bridgehead atoms. The topological polar surface area (TPSA) is 133 Å². The molecule has 5 atom stereocenters.